The molecule has 1 aliphatic heterocycles. The summed E-state index contributed by atoms with van der Waals surface area (Å²) in [4.78, 5) is 12.0. The number of allylic oxidation sites excluding steroid dienone is 2. The minimum atomic E-state index is -0.460. The summed E-state index contributed by atoms with van der Waals surface area (Å²) < 4.78 is 5.26. The fourth-order valence-electron chi connectivity index (χ4n) is 2.31. The summed E-state index contributed by atoms with van der Waals surface area (Å²) >= 11 is 6.17. The first-order valence-electron chi connectivity index (χ1n) is 6.13. The Labute approximate surface area is 107 Å². The number of dihydropyridines is 1. The van der Waals surface area contributed by atoms with E-state index in [9.17, 15) is 4.79 Å². The van der Waals surface area contributed by atoms with Crippen molar-refractivity contribution >= 4 is 17.6 Å². The highest BCUT2D eigenvalue weighted by Gasteiger charge is 2.30. The third-order valence-corrected chi connectivity index (χ3v) is 3.40. The predicted molar refractivity (Wildman–Crippen MR) is 67.6 cm³/mol. The Morgan fingerprint density at radius 2 is 2.18 bits per heavy atom. The molecule has 0 aromatic carbocycles. The molecule has 0 aromatic heterocycles. The van der Waals surface area contributed by atoms with Gasteiger partial charge in [0.15, 0.2) is 0 Å². The molecular formula is C13H18ClNO2. The van der Waals surface area contributed by atoms with Gasteiger partial charge >= 0.3 is 5.97 Å². The van der Waals surface area contributed by atoms with Crippen LogP contribution in [-0.4, -0.2) is 17.6 Å². The Kier molecular flexibility index (Phi) is 3.77. The van der Waals surface area contributed by atoms with Crippen molar-refractivity contribution in [1.29, 1.82) is 0 Å². The lowest BCUT2D eigenvalue weighted by Gasteiger charge is -2.29. The van der Waals surface area contributed by atoms with Crippen molar-refractivity contribution in [2.75, 3.05) is 0 Å². The molecule has 1 unspecified atom stereocenters. The van der Waals surface area contributed by atoms with Crippen LogP contribution in [0.3, 0.4) is 0 Å². The van der Waals surface area contributed by atoms with Gasteiger partial charge < -0.3 is 10.1 Å². The summed E-state index contributed by atoms with van der Waals surface area (Å²) in [6, 6.07) is 0. The number of halogens is 1. The van der Waals surface area contributed by atoms with Crippen LogP contribution in [0.15, 0.2) is 22.9 Å². The van der Waals surface area contributed by atoms with Gasteiger partial charge in [-0.2, -0.15) is 0 Å². The van der Waals surface area contributed by atoms with Gasteiger partial charge in [-0.15, -0.1) is 0 Å². The maximum atomic E-state index is 12.0. The molecule has 0 amide bonds. The van der Waals surface area contributed by atoms with Crippen molar-refractivity contribution in [1.82, 2.24) is 5.32 Å². The fourth-order valence-corrected chi connectivity index (χ4v) is 2.59. The molecule has 1 aliphatic carbocycles. The van der Waals surface area contributed by atoms with Crippen molar-refractivity contribution < 1.29 is 9.53 Å². The highest BCUT2D eigenvalue weighted by molar-refractivity contribution is 6.25. The standard InChI is InChI=1S/C13H18ClNO2/c1-8(2)17-13(16)11-10-6-4-3-5-9(10)7-15-12(11)14/h7-8,12,15H,3-6H2,1-2H3. The van der Waals surface area contributed by atoms with E-state index in [1.54, 1.807) is 0 Å². The smallest absolute Gasteiger partial charge is 0.337 e. The van der Waals surface area contributed by atoms with Gasteiger partial charge in [-0.25, -0.2) is 4.79 Å². The number of esters is 1. The zero-order valence-electron chi connectivity index (χ0n) is 10.3. The van der Waals surface area contributed by atoms with Gasteiger partial charge in [-0.3, -0.25) is 0 Å². The number of carbonyl (C=O) groups is 1. The van der Waals surface area contributed by atoms with Crippen molar-refractivity contribution in [3.63, 3.8) is 0 Å². The highest BCUT2D eigenvalue weighted by Crippen LogP contribution is 2.35. The zero-order valence-corrected chi connectivity index (χ0v) is 11.0. The molecule has 1 atom stereocenters. The molecule has 0 bridgehead atoms. The molecule has 17 heavy (non-hydrogen) atoms. The molecular weight excluding hydrogens is 238 g/mol. The predicted octanol–water partition coefficient (Wildman–Crippen LogP) is 2.86. The van der Waals surface area contributed by atoms with Crippen molar-refractivity contribution in [3.05, 3.63) is 22.9 Å². The Hall–Kier alpha value is -0.960. The molecule has 0 saturated heterocycles. The van der Waals surface area contributed by atoms with E-state index in [1.165, 1.54) is 12.0 Å². The van der Waals surface area contributed by atoms with Gasteiger partial charge in [0, 0.05) is 6.20 Å². The van der Waals surface area contributed by atoms with Crippen LogP contribution in [0, 0.1) is 0 Å². The van der Waals surface area contributed by atoms with Crippen LogP contribution >= 0.6 is 11.6 Å². The van der Waals surface area contributed by atoms with Crippen LogP contribution in [-0.2, 0) is 9.53 Å². The topological polar surface area (TPSA) is 38.3 Å². The van der Waals surface area contributed by atoms with Crippen molar-refractivity contribution in [2.45, 2.75) is 51.1 Å². The molecule has 0 radical (unpaired) electrons. The summed E-state index contributed by atoms with van der Waals surface area (Å²) in [5.41, 5.74) is 2.46. The monoisotopic (exact) mass is 255 g/mol. The van der Waals surface area contributed by atoms with E-state index in [1.807, 2.05) is 20.0 Å². The largest absolute Gasteiger partial charge is 0.460 e. The molecule has 4 heteroatoms. The van der Waals surface area contributed by atoms with Crippen LogP contribution < -0.4 is 5.32 Å². The number of carbonyl (C=O) groups excluding carboxylic acids is 1. The van der Waals surface area contributed by atoms with Crippen molar-refractivity contribution in [3.8, 4) is 0 Å². The Bertz CT molecular complexity index is 385. The third-order valence-electron chi connectivity index (χ3n) is 3.06. The first-order valence-corrected chi connectivity index (χ1v) is 6.57. The average molecular weight is 256 g/mol. The molecule has 0 spiro atoms. The first kappa shape index (κ1) is 12.5. The SMILES string of the molecule is CC(C)OC(=O)C1=C2CCCCC2=CNC1Cl. The average Bonchev–Trinajstić information content (AvgIpc) is 2.27. The second-order valence-electron chi connectivity index (χ2n) is 4.75. The summed E-state index contributed by atoms with van der Waals surface area (Å²) in [5, 5.41) is 3.03. The Morgan fingerprint density at radius 3 is 2.88 bits per heavy atom. The normalized spacial score (nSPS) is 24.0. The van der Waals surface area contributed by atoms with Gasteiger partial charge in [0.1, 0.15) is 5.50 Å². The number of rotatable bonds is 2. The number of nitrogens with one attached hydrogen (secondary N) is 1. The van der Waals surface area contributed by atoms with E-state index < -0.39 is 5.50 Å². The van der Waals surface area contributed by atoms with Crippen LogP contribution in [0.2, 0.25) is 0 Å². The van der Waals surface area contributed by atoms with Crippen LogP contribution in [0.5, 0.6) is 0 Å². The highest BCUT2D eigenvalue weighted by atomic mass is 35.5. The molecule has 0 aromatic rings. The van der Waals surface area contributed by atoms with Gasteiger partial charge in [0.25, 0.3) is 0 Å². The van der Waals surface area contributed by atoms with Gasteiger partial charge in [-0.1, -0.05) is 11.6 Å². The maximum absolute atomic E-state index is 12.0. The summed E-state index contributed by atoms with van der Waals surface area (Å²) in [6.07, 6.45) is 6.07. The quantitative estimate of drug-likeness (QED) is 0.468. The molecule has 3 nitrogen and oxygen atoms in total. The van der Waals surface area contributed by atoms with E-state index in [2.05, 4.69) is 5.32 Å². The van der Waals surface area contributed by atoms with E-state index in [0.717, 1.165) is 24.8 Å². The summed E-state index contributed by atoms with van der Waals surface area (Å²) in [5.74, 6) is -0.282. The summed E-state index contributed by atoms with van der Waals surface area (Å²) in [7, 11) is 0. The Balaban J connectivity index is 2.29. The second kappa shape index (κ2) is 5.13. The van der Waals surface area contributed by atoms with E-state index in [4.69, 9.17) is 16.3 Å². The van der Waals surface area contributed by atoms with Crippen molar-refractivity contribution in [2.24, 2.45) is 0 Å². The Morgan fingerprint density at radius 1 is 1.47 bits per heavy atom. The lowest BCUT2D eigenvalue weighted by molar-refractivity contribution is -0.142. The first-order chi connectivity index (χ1) is 8.09. The van der Waals surface area contributed by atoms with E-state index in [-0.39, 0.29) is 12.1 Å². The molecule has 2 aliphatic rings. The van der Waals surface area contributed by atoms with Gasteiger partial charge in [0.2, 0.25) is 0 Å². The molecule has 1 heterocycles. The second-order valence-corrected chi connectivity index (χ2v) is 5.19. The zero-order chi connectivity index (χ0) is 12.4. The maximum Gasteiger partial charge on any atom is 0.337 e. The number of hydrogen-bond acceptors (Lipinski definition) is 3. The number of ether oxygens (including phenoxy) is 1. The molecule has 1 saturated carbocycles. The molecule has 2 rings (SSSR count). The molecule has 1 fully saturated rings. The van der Waals surface area contributed by atoms with E-state index >= 15 is 0 Å². The minimum absolute atomic E-state index is 0.114. The van der Waals surface area contributed by atoms with Gasteiger partial charge in [0.05, 0.1) is 11.7 Å². The minimum Gasteiger partial charge on any atom is -0.460 e. The molecule has 94 valence electrons. The number of hydrogen-bond donors (Lipinski definition) is 1. The van der Waals surface area contributed by atoms with Crippen LogP contribution in [0.1, 0.15) is 39.5 Å². The number of fused-ring (bicyclic) bond motifs is 1. The molecule has 1 N–H and O–H groups in total. The lowest BCUT2D eigenvalue weighted by atomic mass is 9.85. The third kappa shape index (κ3) is 2.65. The number of alkyl halides is 1. The fraction of sp³-hybridized carbons (Fsp3) is 0.615. The van der Waals surface area contributed by atoms with Crippen LogP contribution in [0.4, 0.5) is 0 Å². The van der Waals surface area contributed by atoms with E-state index in [0.29, 0.717) is 5.57 Å². The van der Waals surface area contributed by atoms with Gasteiger partial charge in [-0.05, 0) is 50.7 Å². The summed E-state index contributed by atoms with van der Waals surface area (Å²) in [6.45, 7) is 3.69. The van der Waals surface area contributed by atoms with Crippen LogP contribution in [0.25, 0.3) is 0 Å². The lowest BCUT2D eigenvalue weighted by Crippen LogP contribution is -2.33.